The third kappa shape index (κ3) is 3.38. The fourth-order valence-electron chi connectivity index (χ4n) is 1.68. The predicted molar refractivity (Wildman–Crippen MR) is 74.7 cm³/mol. The van der Waals surface area contributed by atoms with Crippen molar-refractivity contribution in [1.29, 1.82) is 0 Å². The minimum atomic E-state index is -1.02. The largest absolute Gasteiger partial charge is 0.388 e. The Hall–Kier alpha value is -0.850. The maximum Gasteiger partial charge on any atom is 0.143 e. The number of rotatable bonds is 3. The molecule has 19 heavy (non-hydrogen) atoms. The Morgan fingerprint density at radius 1 is 1.21 bits per heavy atom. The quantitative estimate of drug-likeness (QED) is 0.795. The molecule has 0 aliphatic heterocycles. The van der Waals surface area contributed by atoms with Crippen molar-refractivity contribution in [2.24, 2.45) is 0 Å². The molecular formula is C13H9Br2F2NO. The Morgan fingerprint density at radius 2 is 1.95 bits per heavy atom. The number of aliphatic hydroxyl groups excluding tert-OH is 1. The van der Waals surface area contributed by atoms with Crippen LogP contribution in [0.15, 0.2) is 39.5 Å². The lowest BCUT2D eigenvalue weighted by Crippen LogP contribution is -2.06. The topological polar surface area (TPSA) is 33.1 Å². The first-order chi connectivity index (χ1) is 8.99. The second-order valence-corrected chi connectivity index (χ2v) is 5.75. The first-order valence-corrected chi connectivity index (χ1v) is 6.98. The summed E-state index contributed by atoms with van der Waals surface area (Å²) in [4.78, 5) is 3.91. The van der Waals surface area contributed by atoms with Gasteiger partial charge in [-0.15, -0.1) is 0 Å². The number of nitrogens with zero attached hydrogens (tertiary/aromatic N) is 1. The highest BCUT2D eigenvalue weighted by Gasteiger charge is 2.17. The molecule has 2 nitrogen and oxygen atoms in total. The predicted octanol–water partition coefficient (Wildman–Crippen LogP) is 4.16. The van der Waals surface area contributed by atoms with E-state index < -0.39 is 17.7 Å². The first-order valence-electron chi connectivity index (χ1n) is 5.40. The number of aliphatic hydroxyl groups is 1. The van der Waals surface area contributed by atoms with Crippen molar-refractivity contribution in [3.05, 3.63) is 62.3 Å². The van der Waals surface area contributed by atoms with Crippen LogP contribution >= 0.6 is 31.9 Å². The van der Waals surface area contributed by atoms with Gasteiger partial charge in [0.05, 0.1) is 10.6 Å². The molecule has 1 unspecified atom stereocenters. The molecule has 0 spiro atoms. The van der Waals surface area contributed by atoms with Gasteiger partial charge in [0.25, 0.3) is 0 Å². The monoisotopic (exact) mass is 391 g/mol. The number of pyridine rings is 1. The maximum absolute atomic E-state index is 13.8. The molecule has 100 valence electrons. The molecule has 1 aromatic carbocycles. The Balaban J connectivity index is 2.29. The SMILES string of the molecule is OC(Cc1c(F)ccc(Br)c1F)c1cncc(Br)c1. The van der Waals surface area contributed by atoms with Crippen molar-refractivity contribution in [2.45, 2.75) is 12.5 Å². The Labute approximate surface area is 125 Å². The van der Waals surface area contributed by atoms with E-state index >= 15 is 0 Å². The fourth-order valence-corrected chi connectivity index (χ4v) is 2.43. The number of halogens is 4. The van der Waals surface area contributed by atoms with E-state index in [1.807, 2.05) is 0 Å². The van der Waals surface area contributed by atoms with Crippen LogP contribution in [0.3, 0.4) is 0 Å². The van der Waals surface area contributed by atoms with E-state index in [0.717, 1.165) is 6.07 Å². The fraction of sp³-hybridized carbons (Fsp3) is 0.154. The Kier molecular flexibility index (Phi) is 4.65. The zero-order valence-electron chi connectivity index (χ0n) is 9.58. The molecule has 1 atom stereocenters. The van der Waals surface area contributed by atoms with Crippen molar-refractivity contribution < 1.29 is 13.9 Å². The summed E-state index contributed by atoms with van der Waals surface area (Å²) < 4.78 is 28.2. The van der Waals surface area contributed by atoms with Crippen LogP contribution in [0.25, 0.3) is 0 Å². The highest BCUT2D eigenvalue weighted by molar-refractivity contribution is 9.10. The molecule has 2 rings (SSSR count). The van der Waals surface area contributed by atoms with Crippen LogP contribution in [-0.2, 0) is 6.42 Å². The lowest BCUT2D eigenvalue weighted by Gasteiger charge is -2.13. The number of hydrogen-bond acceptors (Lipinski definition) is 2. The van der Waals surface area contributed by atoms with E-state index in [-0.39, 0.29) is 16.5 Å². The molecule has 1 N–H and O–H groups in total. The summed E-state index contributed by atoms with van der Waals surface area (Å²) in [6, 6.07) is 4.11. The van der Waals surface area contributed by atoms with Gasteiger partial charge in [-0.05, 0) is 50.1 Å². The Morgan fingerprint density at radius 3 is 2.63 bits per heavy atom. The summed E-state index contributed by atoms with van der Waals surface area (Å²) in [5.41, 5.74) is 0.343. The molecule has 0 fully saturated rings. The minimum absolute atomic E-state index is 0.151. The van der Waals surface area contributed by atoms with Gasteiger partial charge in [0, 0.05) is 34.4 Å². The molecule has 0 radical (unpaired) electrons. The van der Waals surface area contributed by atoms with Gasteiger partial charge in [-0.25, -0.2) is 8.78 Å². The number of benzene rings is 1. The molecule has 6 heteroatoms. The molecule has 0 bridgehead atoms. The molecule has 1 aromatic heterocycles. The van der Waals surface area contributed by atoms with Crippen molar-refractivity contribution >= 4 is 31.9 Å². The minimum Gasteiger partial charge on any atom is -0.388 e. The summed E-state index contributed by atoms with van der Waals surface area (Å²) in [6.45, 7) is 0. The lowest BCUT2D eigenvalue weighted by atomic mass is 10.0. The van der Waals surface area contributed by atoms with Gasteiger partial charge in [-0.2, -0.15) is 0 Å². The van der Waals surface area contributed by atoms with Gasteiger partial charge < -0.3 is 5.11 Å². The van der Waals surface area contributed by atoms with E-state index in [1.165, 1.54) is 12.3 Å². The van der Waals surface area contributed by atoms with Crippen molar-refractivity contribution in [2.75, 3.05) is 0 Å². The molecule has 1 heterocycles. The van der Waals surface area contributed by atoms with Gasteiger partial charge in [-0.1, -0.05) is 0 Å². The van der Waals surface area contributed by atoms with Gasteiger partial charge in [-0.3, -0.25) is 4.98 Å². The van der Waals surface area contributed by atoms with Crippen LogP contribution in [0, 0.1) is 11.6 Å². The number of hydrogen-bond donors (Lipinski definition) is 1. The van der Waals surface area contributed by atoms with Crippen LogP contribution in [0.1, 0.15) is 17.2 Å². The average molecular weight is 393 g/mol. The van der Waals surface area contributed by atoms with Crippen LogP contribution < -0.4 is 0 Å². The molecule has 0 saturated heterocycles. The van der Waals surface area contributed by atoms with E-state index in [4.69, 9.17) is 0 Å². The lowest BCUT2D eigenvalue weighted by molar-refractivity contribution is 0.175. The van der Waals surface area contributed by atoms with Crippen LogP contribution in [0.2, 0.25) is 0 Å². The standard InChI is InChI=1S/C13H9Br2F2NO/c14-8-3-7(5-18-6-8)12(19)4-9-11(16)2-1-10(15)13(9)17/h1-3,5-6,12,19H,4H2. The second kappa shape index (κ2) is 6.07. The zero-order valence-corrected chi connectivity index (χ0v) is 12.7. The smallest absolute Gasteiger partial charge is 0.143 e. The van der Waals surface area contributed by atoms with E-state index in [2.05, 4.69) is 36.8 Å². The van der Waals surface area contributed by atoms with Crippen molar-refractivity contribution in [1.82, 2.24) is 4.98 Å². The highest BCUT2D eigenvalue weighted by Crippen LogP contribution is 2.27. The molecule has 0 saturated carbocycles. The second-order valence-electron chi connectivity index (χ2n) is 3.98. The van der Waals surface area contributed by atoms with E-state index in [1.54, 1.807) is 12.3 Å². The van der Waals surface area contributed by atoms with Crippen molar-refractivity contribution in [3.63, 3.8) is 0 Å². The van der Waals surface area contributed by atoms with E-state index in [0.29, 0.717) is 10.0 Å². The maximum atomic E-state index is 13.8. The zero-order chi connectivity index (χ0) is 14.0. The highest BCUT2D eigenvalue weighted by atomic mass is 79.9. The van der Waals surface area contributed by atoms with Crippen LogP contribution in [0.4, 0.5) is 8.78 Å². The van der Waals surface area contributed by atoms with Crippen molar-refractivity contribution in [3.8, 4) is 0 Å². The molecule has 0 aliphatic rings. The van der Waals surface area contributed by atoms with E-state index in [9.17, 15) is 13.9 Å². The average Bonchev–Trinajstić information content (AvgIpc) is 2.39. The van der Waals surface area contributed by atoms with Crippen LogP contribution in [-0.4, -0.2) is 10.1 Å². The number of aromatic nitrogens is 1. The summed E-state index contributed by atoms with van der Waals surface area (Å²) in [7, 11) is 0. The Bertz CT molecular complexity index is 607. The summed E-state index contributed by atoms with van der Waals surface area (Å²) in [5, 5.41) is 10.0. The normalized spacial score (nSPS) is 12.5. The van der Waals surface area contributed by atoms with Gasteiger partial charge >= 0.3 is 0 Å². The molecule has 2 aromatic rings. The van der Waals surface area contributed by atoms with Gasteiger partial charge in [0.1, 0.15) is 11.6 Å². The van der Waals surface area contributed by atoms with Crippen LogP contribution in [0.5, 0.6) is 0 Å². The first kappa shape index (κ1) is 14.6. The summed E-state index contributed by atoms with van der Waals surface area (Å²) in [5.74, 6) is -1.37. The summed E-state index contributed by atoms with van der Waals surface area (Å²) in [6.07, 6.45) is 1.85. The molecular weight excluding hydrogens is 384 g/mol. The van der Waals surface area contributed by atoms with Gasteiger partial charge in [0.2, 0.25) is 0 Å². The third-order valence-electron chi connectivity index (χ3n) is 2.65. The third-order valence-corrected chi connectivity index (χ3v) is 3.69. The van der Waals surface area contributed by atoms with Gasteiger partial charge in [0.15, 0.2) is 0 Å². The molecule has 0 aliphatic carbocycles. The summed E-state index contributed by atoms with van der Waals surface area (Å²) >= 11 is 6.22. The molecule has 0 amide bonds.